The van der Waals surface area contributed by atoms with Crippen LogP contribution in [0.5, 0.6) is 0 Å². The molecule has 6 heteroatoms. The average molecular weight is 224 g/mol. The molecule has 2 rings (SSSR count). The summed E-state index contributed by atoms with van der Waals surface area (Å²) in [5, 5.41) is 0. The lowest BCUT2D eigenvalue weighted by Crippen LogP contribution is -2.40. The SMILES string of the molecule is Cn1c(N2CC[C@H](N)C2)cc(=O)n(C)c1=O. The smallest absolute Gasteiger partial charge is 0.332 e. The predicted molar refractivity (Wildman–Crippen MR) is 61.7 cm³/mol. The van der Waals surface area contributed by atoms with Crippen LogP contribution in [0.3, 0.4) is 0 Å². The molecule has 2 heterocycles. The normalized spacial score (nSPS) is 20.4. The zero-order valence-corrected chi connectivity index (χ0v) is 9.51. The molecule has 0 unspecified atom stereocenters. The summed E-state index contributed by atoms with van der Waals surface area (Å²) in [6.07, 6.45) is 0.892. The Morgan fingerprint density at radius 1 is 1.31 bits per heavy atom. The van der Waals surface area contributed by atoms with E-state index in [0.29, 0.717) is 12.4 Å². The van der Waals surface area contributed by atoms with Gasteiger partial charge in [0.05, 0.1) is 0 Å². The van der Waals surface area contributed by atoms with Gasteiger partial charge in [0, 0.05) is 39.3 Å². The van der Waals surface area contributed by atoms with Gasteiger partial charge in [0.1, 0.15) is 5.82 Å². The second-order valence-electron chi connectivity index (χ2n) is 4.24. The zero-order chi connectivity index (χ0) is 11.9. The van der Waals surface area contributed by atoms with E-state index in [-0.39, 0.29) is 17.3 Å². The third-order valence-corrected chi connectivity index (χ3v) is 3.05. The molecule has 1 aromatic heterocycles. The number of rotatable bonds is 1. The average Bonchev–Trinajstić information content (AvgIpc) is 2.67. The fraction of sp³-hybridized carbons (Fsp3) is 0.600. The molecule has 1 aliphatic heterocycles. The number of aromatic nitrogens is 2. The Morgan fingerprint density at radius 3 is 2.56 bits per heavy atom. The highest BCUT2D eigenvalue weighted by atomic mass is 16.2. The van der Waals surface area contributed by atoms with Crippen LogP contribution in [0.2, 0.25) is 0 Å². The van der Waals surface area contributed by atoms with Gasteiger partial charge in [-0.3, -0.25) is 13.9 Å². The van der Waals surface area contributed by atoms with Crippen molar-refractivity contribution in [1.29, 1.82) is 0 Å². The summed E-state index contributed by atoms with van der Waals surface area (Å²) in [6, 6.07) is 1.61. The second kappa shape index (κ2) is 3.79. The van der Waals surface area contributed by atoms with E-state index in [9.17, 15) is 9.59 Å². The molecular formula is C10H16N4O2. The fourth-order valence-corrected chi connectivity index (χ4v) is 2.02. The first-order valence-electron chi connectivity index (χ1n) is 5.28. The van der Waals surface area contributed by atoms with Gasteiger partial charge in [-0.05, 0) is 6.42 Å². The van der Waals surface area contributed by atoms with E-state index in [1.54, 1.807) is 7.05 Å². The minimum Gasteiger partial charge on any atom is -0.356 e. The Kier molecular flexibility index (Phi) is 2.59. The first kappa shape index (κ1) is 10.9. The van der Waals surface area contributed by atoms with Crippen LogP contribution in [0, 0.1) is 0 Å². The lowest BCUT2D eigenvalue weighted by Gasteiger charge is -2.20. The van der Waals surface area contributed by atoms with Crippen molar-refractivity contribution in [1.82, 2.24) is 9.13 Å². The van der Waals surface area contributed by atoms with Crippen LogP contribution in [0.15, 0.2) is 15.7 Å². The zero-order valence-electron chi connectivity index (χ0n) is 9.51. The Bertz CT molecular complexity index is 517. The van der Waals surface area contributed by atoms with Gasteiger partial charge in [-0.15, -0.1) is 0 Å². The molecule has 0 spiro atoms. The van der Waals surface area contributed by atoms with Crippen molar-refractivity contribution < 1.29 is 0 Å². The highest BCUT2D eigenvalue weighted by Crippen LogP contribution is 2.15. The van der Waals surface area contributed by atoms with E-state index >= 15 is 0 Å². The summed E-state index contributed by atoms with van der Waals surface area (Å²) in [6.45, 7) is 1.49. The maximum absolute atomic E-state index is 11.7. The van der Waals surface area contributed by atoms with Crippen molar-refractivity contribution in [3.8, 4) is 0 Å². The fourth-order valence-electron chi connectivity index (χ4n) is 2.02. The highest BCUT2D eigenvalue weighted by molar-refractivity contribution is 5.40. The third-order valence-electron chi connectivity index (χ3n) is 3.05. The standard InChI is InChI=1S/C10H16N4O2/c1-12-8(14-4-3-7(11)6-14)5-9(15)13(2)10(12)16/h5,7H,3-4,6,11H2,1-2H3/t7-/m0/s1. The Hall–Kier alpha value is -1.56. The van der Waals surface area contributed by atoms with Crippen molar-refractivity contribution in [2.24, 2.45) is 19.8 Å². The van der Waals surface area contributed by atoms with Gasteiger partial charge in [0.15, 0.2) is 0 Å². The summed E-state index contributed by atoms with van der Waals surface area (Å²) in [7, 11) is 3.14. The quantitative estimate of drug-likeness (QED) is 0.638. The van der Waals surface area contributed by atoms with E-state index in [2.05, 4.69) is 0 Å². The van der Waals surface area contributed by atoms with Crippen LogP contribution in [-0.2, 0) is 14.1 Å². The van der Waals surface area contributed by atoms with Gasteiger partial charge >= 0.3 is 5.69 Å². The maximum atomic E-state index is 11.7. The van der Waals surface area contributed by atoms with Gasteiger partial charge < -0.3 is 10.6 Å². The molecule has 0 aliphatic carbocycles. The minimum absolute atomic E-state index is 0.124. The van der Waals surface area contributed by atoms with Crippen molar-refractivity contribution in [2.45, 2.75) is 12.5 Å². The summed E-state index contributed by atoms with van der Waals surface area (Å²) in [4.78, 5) is 25.2. The van der Waals surface area contributed by atoms with Crippen LogP contribution in [0.4, 0.5) is 5.82 Å². The maximum Gasteiger partial charge on any atom is 0.332 e. The summed E-state index contributed by atoms with van der Waals surface area (Å²) < 4.78 is 2.58. The lowest BCUT2D eigenvalue weighted by molar-refractivity contribution is 0.671. The van der Waals surface area contributed by atoms with Crippen LogP contribution in [0.1, 0.15) is 6.42 Å². The Balaban J connectivity index is 2.50. The molecule has 2 N–H and O–H groups in total. The van der Waals surface area contributed by atoms with Crippen molar-refractivity contribution in [3.05, 3.63) is 26.9 Å². The molecule has 6 nitrogen and oxygen atoms in total. The van der Waals surface area contributed by atoms with E-state index in [1.807, 2.05) is 4.90 Å². The first-order chi connectivity index (χ1) is 7.50. The second-order valence-corrected chi connectivity index (χ2v) is 4.24. The molecule has 1 fully saturated rings. The minimum atomic E-state index is -0.303. The topological polar surface area (TPSA) is 73.3 Å². The summed E-state index contributed by atoms with van der Waals surface area (Å²) in [5.41, 5.74) is 5.22. The molecule has 0 bridgehead atoms. The van der Waals surface area contributed by atoms with E-state index in [0.717, 1.165) is 17.5 Å². The number of nitrogens with zero attached hydrogens (tertiary/aromatic N) is 3. The molecule has 0 radical (unpaired) electrons. The molecule has 1 aromatic rings. The monoisotopic (exact) mass is 224 g/mol. The third kappa shape index (κ3) is 1.65. The van der Waals surface area contributed by atoms with Crippen LogP contribution in [-0.4, -0.2) is 28.3 Å². The first-order valence-corrected chi connectivity index (χ1v) is 5.28. The van der Waals surface area contributed by atoms with Gasteiger partial charge in [0.2, 0.25) is 0 Å². The molecular weight excluding hydrogens is 208 g/mol. The highest BCUT2D eigenvalue weighted by Gasteiger charge is 2.22. The number of hydrogen-bond acceptors (Lipinski definition) is 4. The number of nitrogens with two attached hydrogens (primary N) is 1. The molecule has 1 saturated heterocycles. The van der Waals surface area contributed by atoms with Crippen LogP contribution < -0.4 is 21.9 Å². The predicted octanol–water partition coefficient (Wildman–Crippen LogP) is -1.38. The van der Waals surface area contributed by atoms with E-state index < -0.39 is 0 Å². The number of anilines is 1. The van der Waals surface area contributed by atoms with Gasteiger partial charge in [-0.1, -0.05) is 0 Å². The van der Waals surface area contributed by atoms with Crippen molar-refractivity contribution in [2.75, 3.05) is 18.0 Å². The van der Waals surface area contributed by atoms with Crippen LogP contribution >= 0.6 is 0 Å². The summed E-state index contributed by atoms with van der Waals surface area (Å²) >= 11 is 0. The van der Waals surface area contributed by atoms with Crippen molar-refractivity contribution >= 4 is 5.82 Å². The molecule has 1 atom stereocenters. The van der Waals surface area contributed by atoms with Gasteiger partial charge in [-0.25, -0.2) is 4.79 Å². The van der Waals surface area contributed by atoms with E-state index in [4.69, 9.17) is 5.73 Å². The largest absolute Gasteiger partial charge is 0.356 e. The molecule has 0 amide bonds. The molecule has 0 saturated carbocycles. The molecule has 88 valence electrons. The molecule has 1 aliphatic rings. The Morgan fingerprint density at radius 2 is 2.00 bits per heavy atom. The van der Waals surface area contributed by atoms with Gasteiger partial charge in [-0.2, -0.15) is 0 Å². The summed E-state index contributed by atoms with van der Waals surface area (Å²) in [5.74, 6) is 0.654. The molecule has 16 heavy (non-hydrogen) atoms. The Labute approximate surface area is 92.9 Å². The van der Waals surface area contributed by atoms with Crippen LogP contribution in [0.25, 0.3) is 0 Å². The lowest BCUT2D eigenvalue weighted by atomic mass is 10.3. The van der Waals surface area contributed by atoms with Gasteiger partial charge in [0.25, 0.3) is 5.56 Å². The van der Waals surface area contributed by atoms with Crippen molar-refractivity contribution in [3.63, 3.8) is 0 Å². The number of hydrogen-bond donors (Lipinski definition) is 1. The van der Waals surface area contributed by atoms with E-state index in [1.165, 1.54) is 17.7 Å². The molecule has 0 aromatic carbocycles.